The van der Waals surface area contributed by atoms with Gasteiger partial charge in [-0.1, -0.05) is 117 Å². The van der Waals surface area contributed by atoms with Crippen molar-refractivity contribution in [3.63, 3.8) is 0 Å². The summed E-state index contributed by atoms with van der Waals surface area (Å²) in [6, 6.07) is 0. The third-order valence-corrected chi connectivity index (χ3v) is 5.31. The molecule has 0 N–H and O–H groups in total. The van der Waals surface area contributed by atoms with Gasteiger partial charge < -0.3 is 4.74 Å². The zero-order valence-electron chi connectivity index (χ0n) is 17.9. The standard InChI is InChI=1S/C24H46O2/c1-4-7-9-11-13-14-15-17-19-21-23(22-26-24(25)6-3)20-18-16-12-10-8-5-2/h6,23H,3-5,7-22H2,1-2H3. The summed E-state index contributed by atoms with van der Waals surface area (Å²) in [5, 5.41) is 0. The summed E-state index contributed by atoms with van der Waals surface area (Å²) in [6.07, 6.45) is 24.0. The predicted molar refractivity (Wildman–Crippen MR) is 114 cm³/mol. The van der Waals surface area contributed by atoms with E-state index in [1.165, 1.54) is 115 Å². The second kappa shape index (κ2) is 20.5. The maximum atomic E-state index is 11.3. The molecule has 0 aromatic heterocycles. The Balaban J connectivity index is 3.78. The lowest BCUT2D eigenvalue weighted by molar-refractivity contribution is -0.139. The third kappa shape index (κ3) is 18.0. The number of carbonyl (C=O) groups is 1. The monoisotopic (exact) mass is 366 g/mol. The molecular weight excluding hydrogens is 320 g/mol. The molecule has 0 amide bonds. The summed E-state index contributed by atoms with van der Waals surface area (Å²) in [5.74, 6) is 0.264. The van der Waals surface area contributed by atoms with Crippen molar-refractivity contribution in [2.24, 2.45) is 5.92 Å². The van der Waals surface area contributed by atoms with E-state index in [0.29, 0.717) is 12.5 Å². The summed E-state index contributed by atoms with van der Waals surface area (Å²) in [6.45, 7) is 8.60. The normalized spacial score (nSPS) is 12.1. The van der Waals surface area contributed by atoms with Crippen LogP contribution in [0.5, 0.6) is 0 Å². The lowest BCUT2D eigenvalue weighted by Crippen LogP contribution is -2.13. The van der Waals surface area contributed by atoms with Crippen LogP contribution in [0.4, 0.5) is 0 Å². The topological polar surface area (TPSA) is 26.3 Å². The highest BCUT2D eigenvalue weighted by atomic mass is 16.5. The molecule has 0 aliphatic carbocycles. The average molecular weight is 367 g/mol. The van der Waals surface area contributed by atoms with Crippen LogP contribution in [-0.2, 0) is 9.53 Å². The van der Waals surface area contributed by atoms with Gasteiger partial charge in [-0.05, 0) is 18.8 Å². The molecule has 0 aromatic rings. The molecule has 0 aromatic carbocycles. The second-order valence-corrected chi connectivity index (χ2v) is 7.87. The highest BCUT2D eigenvalue weighted by Crippen LogP contribution is 2.20. The lowest BCUT2D eigenvalue weighted by Gasteiger charge is -2.16. The number of esters is 1. The molecular formula is C24H46O2. The van der Waals surface area contributed by atoms with Gasteiger partial charge in [0.05, 0.1) is 6.61 Å². The fourth-order valence-electron chi connectivity index (χ4n) is 3.53. The second-order valence-electron chi connectivity index (χ2n) is 7.87. The van der Waals surface area contributed by atoms with Gasteiger partial charge in [0.25, 0.3) is 0 Å². The van der Waals surface area contributed by atoms with Crippen LogP contribution in [0.25, 0.3) is 0 Å². The fourth-order valence-corrected chi connectivity index (χ4v) is 3.53. The van der Waals surface area contributed by atoms with Crippen LogP contribution in [0.15, 0.2) is 12.7 Å². The van der Waals surface area contributed by atoms with Crippen molar-refractivity contribution in [1.82, 2.24) is 0 Å². The Hall–Kier alpha value is -0.790. The Bertz CT molecular complexity index is 311. The quantitative estimate of drug-likeness (QED) is 0.124. The number of hydrogen-bond acceptors (Lipinski definition) is 2. The van der Waals surface area contributed by atoms with Crippen LogP contribution in [0, 0.1) is 5.92 Å². The minimum Gasteiger partial charge on any atom is -0.462 e. The first-order chi connectivity index (χ1) is 12.7. The van der Waals surface area contributed by atoms with E-state index in [-0.39, 0.29) is 5.97 Å². The maximum Gasteiger partial charge on any atom is 0.330 e. The van der Waals surface area contributed by atoms with Crippen LogP contribution in [0.2, 0.25) is 0 Å². The van der Waals surface area contributed by atoms with Gasteiger partial charge in [0, 0.05) is 6.08 Å². The summed E-state index contributed by atoms with van der Waals surface area (Å²) >= 11 is 0. The molecule has 0 aliphatic heterocycles. The molecule has 154 valence electrons. The minimum atomic E-state index is -0.273. The van der Waals surface area contributed by atoms with Gasteiger partial charge in [0.15, 0.2) is 0 Å². The van der Waals surface area contributed by atoms with Gasteiger partial charge in [-0.15, -0.1) is 0 Å². The summed E-state index contributed by atoms with van der Waals surface area (Å²) < 4.78 is 5.33. The fraction of sp³-hybridized carbons (Fsp3) is 0.875. The van der Waals surface area contributed by atoms with E-state index in [1.807, 2.05) is 0 Å². The van der Waals surface area contributed by atoms with Crippen LogP contribution >= 0.6 is 0 Å². The summed E-state index contributed by atoms with van der Waals surface area (Å²) in [5.41, 5.74) is 0. The predicted octanol–water partition coefficient (Wildman–Crippen LogP) is 8.00. The molecule has 0 heterocycles. The smallest absolute Gasteiger partial charge is 0.330 e. The van der Waals surface area contributed by atoms with Crippen LogP contribution in [0.3, 0.4) is 0 Å². The first-order valence-corrected chi connectivity index (χ1v) is 11.5. The van der Waals surface area contributed by atoms with Gasteiger partial charge in [-0.2, -0.15) is 0 Å². The lowest BCUT2D eigenvalue weighted by atomic mass is 9.94. The zero-order valence-corrected chi connectivity index (χ0v) is 17.9. The Morgan fingerprint density at radius 3 is 1.50 bits per heavy atom. The van der Waals surface area contributed by atoms with Crippen molar-refractivity contribution in [3.8, 4) is 0 Å². The molecule has 2 heteroatoms. The van der Waals surface area contributed by atoms with Gasteiger partial charge in [0.2, 0.25) is 0 Å². The molecule has 0 spiro atoms. The largest absolute Gasteiger partial charge is 0.462 e. The number of rotatable bonds is 20. The van der Waals surface area contributed by atoms with E-state index in [0.717, 1.165) is 0 Å². The van der Waals surface area contributed by atoms with Gasteiger partial charge in [-0.25, -0.2) is 4.79 Å². The molecule has 26 heavy (non-hydrogen) atoms. The Morgan fingerprint density at radius 1 is 0.731 bits per heavy atom. The Kier molecular flexibility index (Phi) is 19.9. The number of ether oxygens (including phenoxy) is 1. The van der Waals surface area contributed by atoms with Crippen molar-refractivity contribution in [2.45, 2.75) is 123 Å². The molecule has 0 radical (unpaired) electrons. The van der Waals surface area contributed by atoms with Crippen molar-refractivity contribution in [1.29, 1.82) is 0 Å². The third-order valence-electron chi connectivity index (χ3n) is 5.31. The molecule has 0 bridgehead atoms. The Morgan fingerprint density at radius 2 is 1.12 bits per heavy atom. The average Bonchev–Trinajstić information content (AvgIpc) is 2.66. The first-order valence-electron chi connectivity index (χ1n) is 11.5. The molecule has 1 atom stereocenters. The van der Waals surface area contributed by atoms with E-state index in [1.54, 1.807) is 0 Å². The molecule has 0 fully saturated rings. The molecule has 0 saturated heterocycles. The van der Waals surface area contributed by atoms with Crippen LogP contribution in [-0.4, -0.2) is 12.6 Å². The van der Waals surface area contributed by atoms with Gasteiger partial charge in [-0.3, -0.25) is 0 Å². The summed E-state index contributed by atoms with van der Waals surface area (Å²) in [7, 11) is 0. The number of carbonyl (C=O) groups excluding carboxylic acids is 1. The SMILES string of the molecule is C=CC(=O)OCC(CCCCCCCC)CCCCCCCCCCC. The molecule has 0 aliphatic rings. The van der Waals surface area contributed by atoms with Crippen LogP contribution in [0.1, 0.15) is 123 Å². The molecule has 1 unspecified atom stereocenters. The number of hydrogen-bond donors (Lipinski definition) is 0. The van der Waals surface area contributed by atoms with E-state index in [4.69, 9.17) is 4.74 Å². The number of unbranched alkanes of at least 4 members (excludes halogenated alkanes) is 13. The highest BCUT2D eigenvalue weighted by molar-refractivity contribution is 5.81. The van der Waals surface area contributed by atoms with E-state index >= 15 is 0 Å². The maximum absolute atomic E-state index is 11.3. The van der Waals surface area contributed by atoms with Gasteiger partial charge in [0.1, 0.15) is 0 Å². The van der Waals surface area contributed by atoms with Crippen molar-refractivity contribution < 1.29 is 9.53 Å². The van der Waals surface area contributed by atoms with Crippen molar-refractivity contribution in [3.05, 3.63) is 12.7 Å². The molecule has 0 rings (SSSR count). The first kappa shape index (κ1) is 25.2. The Labute approximate surface area is 164 Å². The van der Waals surface area contributed by atoms with Crippen LogP contribution < -0.4 is 0 Å². The van der Waals surface area contributed by atoms with Crippen molar-refractivity contribution in [2.75, 3.05) is 6.61 Å². The molecule has 2 nitrogen and oxygen atoms in total. The summed E-state index contributed by atoms with van der Waals surface area (Å²) in [4.78, 5) is 11.3. The van der Waals surface area contributed by atoms with E-state index in [9.17, 15) is 4.79 Å². The highest BCUT2D eigenvalue weighted by Gasteiger charge is 2.11. The van der Waals surface area contributed by atoms with Crippen molar-refractivity contribution >= 4 is 5.97 Å². The molecule has 0 saturated carbocycles. The van der Waals surface area contributed by atoms with Gasteiger partial charge >= 0.3 is 5.97 Å². The minimum absolute atomic E-state index is 0.273. The zero-order chi connectivity index (χ0) is 19.3. The van der Waals surface area contributed by atoms with E-state index < -0.39 is 0 Å². The van der Waals surface area contributed by atoms with E-state index in [2.05, 4.69) is 20.4 Å².